The predicted octanol–water partition coefficient (Wildman–Crippen LogP) is 3.65. The Morgan fingerprint density at radius 3 is 2.31 bits per heavy atom. The van der Waals surface area contributed by atoms with Gasteiger partial charge in [0.25, 0.3) is 0 Å². The first-order valence-electron chi connectivity index (χ1n) is 5.81. The van der Waals surface area contributed by atoms with E-state index in [1.165, 1.54) is 5.56 Å². The van der Waals surface area contributed by atoms with Crippen LogP contribution in [0.3, 0.4) is 0 Å². The van der Waals surface area contributed by atoms with E-state index in [0.29, 0.717) is 0 Å². The Morgan fingerprint density at radius 1 is 1.25 bits per heavy atom. The van der Waals surface area contributed by atoms with Gasteiger partial charge in [0.05, 0.1) is 5.92 Å². The van der Waals surface area contributed by atoms with Gasteiger partial charge in [-0.1, -0.05) is 43.7 Å². The van der Waals surface area contributed by atoms with E-state index in [-0.39, 0.29) is 18.0 Å². The van der Waals surface area contributed by atoms with Crippen LogP contribution >= 0.6 is 0 Å². The number of rotatable bonds is 4. The molecule has 0 saturated heterocycles. The average molecular weight is 220 g/mol. The second-order valence-corrected chi connectivity index (χ2v) is 4.30. The second-order valence-electron chi connectivity index (χ2n) is 4.30. The van der Waals surface area contributed by atoms with Crippen molar-refractivity contribution in [1.29, 1.82) is 0 Å². The zero-order chi connectivity index (χ0) is 12.1. The molecule has 0 saturated carbocycles. The van der Waals surface area contributed by atoms with E-state index in [2.05, 4.69) is 0 Å². The lowest BCUT2D eigenvalue weighted by Crippen LogP contribution is -2.16. The van der Waals surface area contributed by atoms with Gasteiger partial charge in [0, 0.05) is 0 Å². The molecule has 0 N–H and O–H groups in total. The van der Waals surface area contributed by atoms with Gasteiger partial charge < -0.3 is 4.74 Å². The van der Waals surface area contributed by atoms with Gasteiger partial charge in [-0.3, -0.25) is 4.79 Å². The molecule has 0 amide bonds. The smallest absolute Gasteiger partial charge is 0.309 e. The van der Waals surface area contributed by atoms with Crippen LogP contribution in [0.2, 0.25) is 0 Å². The van der Waals surface area contributed by atoms with Crippen molar-refractivity contribution in [3.63, 3.8) is 0 Å². The van der Waals surface area contributed by atoms with Crippen LogP contribution in [-0.2, 0) is 9.53 Å². The van der Waals surface area contributed by atoms with E-state index in [1.807, 2.05) is 52.0 Å². The van der Waals surface area contributed by atoms with Crippen LogP contribution in [0.25, 0.3) is 0 Å². The molecular weight excluding hydrogens is 200 g/mol. The van der Waals surface area contributed by atoms with E-state index in [1.54, 1.807) is 0 Å². The summed E-state index contributed by atoms with van der Waals surface area (Å²) in [5, 5.41) is 0. The third-order valence-corrected chi connectivity index (χ3v) is 2.85. The number of ether oxygens (including phenoxy) is 1. The monoisotopic (exact) mass is 220 g/mol. The van der Waals surface area contributed by atoms with Crippen molar-refractivity contribution in [3.8, 4) is 0 Å². The Labute approximate surface area is 97.6 Å². The highest BCUT2D eigenvalue weighted by Crippen LogP contribution is 2.19. The van der Waals surface area contributed by atoms with Crippen LogP contribution in [0, 0.1) is 12.8 Å². The second kappa shape index (κ2) is 5.69. The van der Waals surface area contributed by atoms with Crippen LogP contribution < -0.4 is 0 Å². The first-order valence-corrected chi connectivity index (χ1v) is 5.81. The summed E-state index contributed by atoms with van der Waals surface area (Å²) in [7, 11) is 0. The molecule has 0 aliphatic heterocycles. The fourth-order valence-electron chi connectivity index (χ4n) is 1.36. The van der Waals surface area contributed by atoms with Gasteiger partial charge in [-0.2, -0.15) is 0 Å². The fourth-order valence-corrected chi connectivity index (χ4v) is 1.36. The summed E-state index contributed by atoms with van der Waals surface area (Å²) in [5.41, 5.74) is 2.26. The normalized spacial score (nSPS) is 14.2. The number of aryl methyl sites for hydroxylation is 1. The van der Waals surface area contributed by atoms with Crippen molar-refractivity contribution in [1.82, 2.24) is 0 Å². The molecule has 0 spiro atoms. The molecule has 0 aliphatic carbocycles. The third kappa shape index (κ3) is 3.37. The van der Waals surface area contributed by atoms with Gasteiger partial charge in [-0.15, -0.1) is 0 Å². The minimum atomic E-state index is -0.165. The van der Waals surface area contributed by atoms with E-state index in [9.17, 15) is 4.79 Å². The Balaban J connectivity index is 2.62. The molecule has 0 fully saturated rings. The Bertz CT molecular complexity index is 340. The van der Waals surface area contributed by atoms with E-state index in [4.69, 9.17) is 4.74 Å². The Morgan fingerprint density at radius 2 is 1.81 bits per heavy atom. The Kier molecular flexibility index (Phi) is 4.53. The minimum absolute atomic E-state index is 0.0205. The molecule has 1 aromatic rings. The van der Waals surface area contributed by atoms with Crippen LogP contribution in [0.4, 0.5) is 0 Å². The molecule has 16 heavy (non-hydrogen) atoms. The molecule has 2 unspecified atom stereocenters. The molecule has 0 bridgehead atoms. The zero-order valence-electron chi connectivity index (χ0n) is 10.5. The van der Waals surface area contributed by atoms with Crippen LogP contribution in [-0.4, -0.2) is 5.97 Å². The molecule has 0 radical (unpaired) electrons. The van der Waals surface area contributed by atoms with Crippen molar-refractivity contribution in [3.05, 3.63) is 35.4 Å². The number of hydrogen-bond acceptors (Lipinski definition) is 2. The van der Waals surface area contributed by atoms with Gasteiger partial charge >= 0.3 is 5.97 Å². The lowest BCUT2D eigenvalue weighted by atomic mass is 10.1. The highest BCUT2D eigenvalue weighted by molar-refractivity contribution is 5.72. The van der Waals surface area contributed by atoms with Crippen molar-refractivity contribution in [2.45, 2.75) is 40.2 Å². The zero-order valence-corrected chi connectivity index (χ0v) is 10.5. The molecule has 2 heteroatoms. The summed E-state index contributed by atoms with van der Waals surface area (Å²) in [6, 6.07) is 8.07. The van der Waals surface area contributed by atoms with E-state index in [0.717, 1.165) is 12.0 Å². The lowest BCUT2D eigenvalue weighted by Gasteiger charge is -2.16. The standard InChI is InChI=1S/C14H20O2/c1-5-11(3)14(15)16-12(4)13-8-6-10(2)7-9-13/h6-9,11-12H,5H2,1-4H3. The molecule has 1 aromatic carbocycles. The maximum atomic E-state index is 11.6. The number of carbonyl (C=O) groups is 1. The average Bonchev–Trinajstić information content (AvgIpc) is 2.28. The quantitative estimate of drug-likeness (QED) is 0.724. The summed E-state index contributed by atoms with van der Waals surface area (Å²) in [5.74, 6) is -0.136. The summed E-state index contributed by atoms with van der Waals surface area (Å²) in [6.45, 7) is 7.83. The van der Waals surface area contributed by atoms with Crippen LogP contribution in [0.5, 0.6) is 0 Å². The van der Waals surface area contributed by atoms with Gasteiger partial charge in [-0.25, -0.2) is 0 Å². The number of hydrogen-bond donors (Lipinski definition) is 0. The number of carbonyl (C=O) groups excluding carboxylic acids is 1. The largest absolute Gasteiger partial charge is 0.458 e. The molecule has 1 rings (SSSR count). The number of esters is 1. The molecule has 2 nitrogen and oxygen atoms in total. The predicted molar refractivity (Wildman–Crippen MR) is 65.1 cm³/mol. The maximum Gasteiger partial charge on any atom is 0.309 e. The van der Waals surface area contributed by atoms with Gasteiger partial charge in [-0.05, 0) is 25.8 Å². The van der Waals surface area contributed by atoms with Crippen molar-refractivity contribution >= 4 is 5.97 Å². The highest BCUT2D eigenvalue weighted by Gasteiger charge is 2.16. The van der Waals surface area contributed by atoms with E-state index < -0.39 is 0 Å². The minimum Gasteiger partial charge on any atom is -0.458 e. The SMILES string of the molecule is CCC(C)C(=O)OC(C)c1ccc(C)cc1. The summed E-state index contributed by atoms with van der Waals surface area (Å²) in [6.07, 6.45) is 0.654. The van der Waals surface area contributed by atoms with Crippen LogP contribution in [0.1, 0.15) is 44.4 Å². The van der Waals surface area contributed by atoms with Crippen molar-refractivity contribution < 1.29 is 9.53 Å². The Hall–Kier alpha value is -1.31. The lowest BCUT2D eigenvalue weighted by molar-refractivity contribution is -0.153. The third-order valence-electron chi connectivity index (χ3n) is 2.85. The molecule has 2 atom stereocenters. The molecule has 0 aromatic heterocycles. The number of benzene rings is 1. The molecule has 0 heterocycles. The highest BCUT2D eigenvalue weighted by atomic mass is 16.5. The molecule has 88 valence electrons. The van der Waals surface area contributed by atoms with Gasteiger partial charge in [0.2, 0.25) is 0 Å². The van der Waals surface area contributed by atoms with Gasteiger partial charge in [0.1, 0.15) is 6.10 Å². The molecule has 0 aliphatic rings. The topological polar surface area (TPSA) is 26.3 Å². The van der Waals surface area contributed by atoms with Crippen LogP contribution in [0.15, 0.2) is 24.3 Å². The fraction of sp³-hybridized carbons (Fsp3) is 0.500. The summed E-state index contributed by atoms with van der Waals surface area (Å²) in [4.78, 5) is 11.6. The van der Waals surface area contributed by atoms with E-state index >= 15 is 0 Å². The van der Waals surface area contributed by atoms with Crippen molar-refractivity contribution in [2.24, 2.45) is 5.92 Å². The first kappa shape index (κ1) is 12.8. The first-order chi connectivity index (χ1) is 7.54. The summed E-state index contributed by atoms with van der Waals surface area (Å²) >= 11 is 0. The van der Waals surface area contributed by atoms with Gasteiger partial charge in [0.15, 0.2) is 0 Å². The molecular formula is C14H20O2. The summed E-state index contributed by atoms with van der Waals surface area (Å²) < 4.78 is 5.39. The van der Waals surface area contributed by atoms with Crippen molar-refractivity contribution in [2.75, 3.05) is 0 Å². The maximum absolute atomic E-state index is 11.6.